The molecule has 0 fully saturated rings. The summed E-state index contributed by atoms with van der Waals surface area (Å²) in [6.07, 6.45) is 4.02. The van der Waals surface area contributed by atoms with E-state index in [0.717, 1.165) is 12.0 Å². The molecule has 15 heavy (non-hydrogen) atoms. The van der Waals surface area contributed by atoms with Crippen LogP contribution < -0.4 is 0 Å². The van der Waals surface area contributed by atoms with Gasteiger partial charge in [0.1, 0.15) is 0 Å². The van der Waals surface area contributed by atoms with Crippen molar-refractivity contribution in [3.63, 3.8) is 0 Å². The van der Waals surface area contributed by atoms with Gasteiger partial charge >= 0.3 is 0 Å². The molecular weight excluding hydrogens is 188 g/mol. The number of ether oxygens (including phenoxy) is 1. The van der Waals surface area contributed by atoms with Crippen LogP contribution in [-0.4, -0.2) is 11.7 Å². The molecule has 2 atom stereocenters. The third kappa shape index (κ3) is 2.21. The maximum Gasteiger partial charge on any atom is 0.0913 e. The van der Waals surface area contributed by atoms with Crippen molar-refractivity contribution >= 4 is 0 Å². The fourth-order valence-corrected chi connectivity index (χ4v) is 1.86. The van der Waals surface area contributed by atoms with Crippen LogP contribution in [0, 0.1) is 5.92 Å². The van der Waals surface area contributed by atoms with Gasteiger partial charge in [-0.2, -0.15) is 0 Å². The minimum Gasteiger partial charge on any atom is -0.501 e. The average molecular weight is 204 g/mol. The molecule has 1 aromatic carbocycles. The molecule has 1 aromatic rings. The molecular formula is C13H16O2. The van der Waals surface area contributed by atoms with Crippen molar-refractivity contribution in [2.24, 2.45) is 5.92 Å². The molecule has 0 saturated heterocycles. The number of aliphatic hydroxyl groups excluding tert-OH is 1. The predicted molar refractivity (Wildman–Crippen MR) is 59.4 cm³/mol. The zero-order valence-corrected chi connectivity index (χ0v) is 8.89. The third-order valence-electron chi connectivity index (χ3n) is 2.84. The molecule has 80 valence electrons. The Morgan fingerprint density at radius 2 is 2.13 bits per heavy atom. The summed E-state index contributed by atoms with van der Waals surface area (Å²) in [5.74, 6) is 0.0873. The van der Waals surface area contributed by atoms with E-state index >= 15 is 0 Å². The molecule has 1 N–H and O–H groups in total. The van der Waals surface area contributed by atoms with Crippen LogP contribution in [0.3, 0.4) is 0 Å². The Balaban J connectivity index is 2.37. The van der Waals surface area contributed by atoms with Gasteiger partial charge in [0, 0.05) is 12.3 Å². The standard InChI is InChI=1S/C13H16O2/c1-10-6-8-15-9-7-11-4-2-3-5-12(11)13(10)14/h2-6,8,10,13-14H,7,9H2,1H3/b8-6-/t10-,13+/m0/s1. The Morgan fingerprint density at radius 1 is 1.33 bits per heavy atom. The highest BCUT2D eigenvalue weighted by atomic mass is 16.5. The van der Waals surface area contributed by atoms with E-state index in [4.69, 9.17) is 4.74 Å². The van der Waals surface area contributed by atoms with Crippen LogP contribution >= 0.6 is 0 Å². The molecule has 1 aliphatic rings. The summed E-state index contributed by atoms with van der Waals surface area (Å²) in [5, 5.41) is 10.2. The predicted octanol–water partition coefficient (Wildman–Crippen LogP) is 2.44. The highest BCUT2D eigenvalue weighted by Crippen LogP contribution is 2.27. The van der Waals surface area contributed by atoms with Gasteiger partial charge in [-0.05, 0) is 17.2 Å². The molecule has 1 heterocycles. The third-order valence-corrected chi connectivity index (χ3v) is 2.84. The monoisotopic (exact) mass is 204 g/mol. The van der Waals surface area contributed by atoms with Gasteiger partial charge in [-0.3, -0.25) is 0 Å². The number of fused-ring (bicyclic) bond motifs is 1. The summed E-state index contributed by atoms with van der Waals surface area (Å²) in [7, 11) is 0. The molecule has 0 aromatic heterocycles. The Morgan fingerprint density at radius 3 is 3.00 bits per heavy atom. The van der Waals surface area contributed by atoms with Crippen LogP contribution in [0.1, 0.15) is 24.2 Å². The number of hydrogen-bond donors (Lipinski definition) is 1. The normalized spacial score (nSPS) is 27.9. The molecule has 0 amide bonds. The number of rotatable bonds is 0. The van der Waals surface area contributed by atoms with E-state index in [1.165, 1.54) is 5.56 Å². The van der Waals surface area contributed by atoms with Crippen molar-refractivity contribution in [2.75, 3.05) is 6.61 Å². The quantitative estimate of drug-likeness (QED) is 0.703. The molecule has 0 aliphatic carbocycles. The van der Waals surface area contributed by atoms with Gasteiger partial charge < -0.3 is 9.84 Å². The van der Waals surface area contributed by atoms with Gasteiger partial charge in [-0.25, -0.2) is 0 Å². The summed E-state index contributed by atoms with van der Waals surface area (Å²) >= 11 is 0. The van der Waals surface area contributed by atoms with Crippen LogP contribution in [0.25, 0.3) is 0 Å². The first kappa shape index (κ1) is 10.2. The number of hydrogen-bond acceptors (Lipinski definition) is 2. The minimum atomic E-state index is -0.431. The van der Waals surface area contributed by atoms with Crippen molar-refractivity contribution in [1.29, 1.82) is 0 Å². The van der Waals surface area contributed by atoms with E-state index in [0.29, 0.717) is 6.61 Å². The van der Waals surface area contributed by atoms with Gasteiger partial charge in [-0.1, -0.05) is 31.2 Å². The lowest BCUT2D eigenvalue weighted by atomic mass is 9.93. The minimum absolute atomic E-state index is 0.0873. The van der Waals surface area contributed by atoms with Crippen LogP contribution in [0.5, 0.6) is 0 Å². The van der Waals surface area contributed by atoms with Gasteiger partial charge in [0.2, 0.25) is 0 Å². The maximum absolute atomic E-state index is 10.2. The van der Waals surface area contributed by atoms with Crippen LogP contribution in [0.4, 0.5) is 0 Å². The maximum atomic E-state index is 10.2. The molecule has 0 bridgehead atoms. The van der Waals surface area contributed by atoms with E-state index in [9.17, 15) is 5.11 Å². The Hall–Kier alpha value is -1.28. The second-order valence-electron chi connectivity index (χ2n) is 3.95. The molecule has 0 radical (unpaired) electrons. The molecule has 2 nitrogen and oxygen atoms in total. The Kier molecular flexibility index (Phi) is 3.07. The molecule has 2 heteroatoms. The fourth-order valence-electron chi connectivity index (χ4n) is 1.86. The first-order valence-electron chi connectivity index (χ1n) is 5.33. The average Bonchev–Trinajstić information content (AvgIpc) is 2.33. The van der Waals surface area contributed by atoms with Crippen LogP contribution in [0.2, 0.25) is 0 Å². The van der Waals surface area contributed by atoms with Crippen molar-refractivity contribution in [3.8, 4) is 0 Å². The Labute approximate surface area is 90.2 Å². The van der Waals surface area contributed by atoms with E-state index in [-0.39, 0.29) is 5.92 Å². The SMILES string of the molecule is C[C@H]1/C=C\OCCc2ccccc2[C@@H]1O. The second kappa shape index (κ2) is 4.49. The summed E-state index contributed by atoms with van der Waals surface area (Å²) in [6, 6.07) is 8.02. The first-order chi connectivity index (χ1) is 7.29. The van der Waals surface area contributed by atoms with E-state index in [1.54, 1.807) is 6.26 Å². The summed E-state index contributed by atoms with van der Waals surface area (Å²) in [5.41, 5.74) is 2.21. The van der Waals surface area contributed by atoms with Crippen LogP contribution in [-0.2, 0) is 11.2 Å². The summed E-state index contributed by atoms with van der Waals surface area (Å²) in [4.78, 5) is 0. The Bertz CT molecular complexity index is 357. The molecule has 0 spiro atoms. The molecule has 2 rings (SSSR count). The zero-order valence-electron chi connectivity index (χ0n) is 8.89. The first-order valence-corrected chi connectivity index (χ1v) is 5.33. The molecule has 1 aliphatic heterocycles. The van der Waals surface area contributed by atoms with E-state index in [1.807, 2.05) is 31.2 Å². The smallest absolute Gasteiger partial charge is 0.0913 e. The van der Waals surface area contributed by atoms with Crippen molar-refractivity contribution in [3.05, 3.63) is 47.7 Å². The lowest BCUT2D eigenvalue weighted by Crippen LogP contribution is -2.09. The highest BCUT2D eigenvalue weighted by molar-refractivity contribution is 5.30. The summed E-state index contributed by atoms with van der Waals surface area (Å²) in [6.45, 7) is 2.67. The van der Waals surface area contributed by atoms with Crippen LogP contribution in [0.15, 0.2) is 36.6 Å². The van der Waals surface area contributed by atoms with E-state index in [2.05, 4.69) is 6.07 Å². The highest BCUT2D eigenvalue weighted by Gasteiger charge is 2.17. The van der Waals surface area contributed by atoms with Gasteiger partial charge in [-0.15, -0.1) is 0 Å². The summed E-state index contributed by atoms with van der Waals surface area (Å²) < 4.78 is 5.34. The lowest BCUT2D eigenvalue weighted by molar-refractivity contribution is 0.138. The topological polar surface area (TPSA) is 29.5 Å². The van der Waals surface area contributed by atoms with Crippen molar-refractivity contribution < 1.29 is 9.84 Å². The largest absolute Gasteiger partial charge is 0.501 e. The number of aliphatic hydroxyl groups is 1. The zero-order chi connectivity index (χ0) is 10.7. The number of benzene rings is 1. The van der Waals surface area contributed by atoms with Gasteiger partial charge in [0.15, 0.2) is 0 Å². The lowest BCUT2D eigenvalue weighted by Gasteiger charge is -2.17. The fraction of sp³-hybridized carbons (Fsp3) is 0.385. The van der Waals surface area contributed by atoms with E-state index < -0.39 is 6.10 Å². The second-order valence-corrected chi connectivity index (χ2v) is 3.95. The molecule has 0 saturated carbocycles. The van der Waals surface area contributed by atoms with Gasteiger partial charge in [0.05, 0.1) is 19.0 Å². The van der Waals surface area contributed by atoms with Gasteiger partial charge in [0.25, 0.3) is 0 Å². The van der Waals surface area contributed by atoms with Crippen molar-refractivity contribution in [1.82, 2.24) is 0 Å². The molecule has 0 unspecified atom stereocenters. The van der Waals surface area contributed by atoms with Crippen molar-refractivity contribution in [2.45, 2.75) is 19.4 Å².